The second-order valence-corrected chi connectivity index (χ2v) is 9.24. The Morgan fingerprint density at radius 2 is 1.68 bits per heavy atom. The van der Waals surface area contributed by atoms with Crippen LogP contribution in [0, 0.1) is 0 Å². The van der Waals surface area contributed by atoms with E-state index >= 15 is 0 Å². The molecule has 0 atom stereocenters. The summed E-state index contributed by atoms with van der Waals surface area (Å²) in [5.74, 6) is 0.716. The van der Waals surface area contributed by atoms with Gasteiger partial charge in [0.1, 0.15) is 12.4 Å². The van der Waals surface area contributed by atoms with E-state index in [9.17, 15) is 8.42 Å². The first-order valence-corrected chi connectivity index (χ1v) is 11.6. The number of piperazine rings is 1. The molecule has 9 heteroatoms. The highest BCUT2D eigenvalue weighted by Gasteiger charge is 2.17. The van der Waals surface area contributed by atoms with E-state index < -0.39 is 10.0 Å². The molecule has 1 fully saturated rings. The summed E-state index contributed by atoms with van der Waals surface area (Å²) < 4.78 is 30.6. The number of sulfonamides is 1. The number of benzene rings is 2. The fourth-order valence-electron chi connectivity index (χ4n) is 3.04. The summed E-state index contributed by atoms with van der Waals surface area (Å²) in [6, 6.07) is 12.6. The smallest absolute Gasteiger partial charge is 0.229 e. The molecule has 1 aliphatic heterocycles. The number of anilines is 2. The zero-order valence-corrected chi connectivity index (χ0v) is 17.9. The Bertz CT molecular complexity index is 899. The standard InChI is InChI=1S/C19H23Cl2N3O3S/c1-28(25,26)22-15-2-5-17(6-3-15)27-13-12-23-8-10-24(11-9-23)16-4-7-18(20)19(21)14-16/h2-7,14,22H,8-13H2,1H3. The van der Waals surface area contributed by atoms with Gasteiger partial charge in [-0.2, -0.15) is 0 Å². The van der Waals surface area contributed by atoms with Crippen molar-refractivity contribution in [1.82, 2.24) is 4.90 Å². The fraction of sp³-hybridized carbons (Fsp3) is 0.368. The van der Waals surface area contributed by atoms with Gasteiger partial charge in [-0.05, 0) is 42.5 Å². The van der Waals surface area contributed by atoms with E-state index in [1.54, 1.807) is 24.3 Å². The Hall–Kier alpha value is -1.67. The van der Waals surface area contributed by atoms with Crippen LogP contribution in [0.15, 0.2) is 42.5 Å². The van der Waals surface area contributed by atoms with Crippen molar-refractivity contribution >= 4 is 44.6 Å². The highest BCUT2D eigenvalue weighted by Crippen LogP contribution is 2.27. The van der Waals surface area contributed by atoms with Crippen molar-refractivity contribution in [3.63, 3.8) is 0 Å². The molecule has 152 valence electrons. The third-order valence-corrected chi connectivity index (χ3v) is 5.82. The van der Waals surface area contributed by atoms with E-state index in [0.717, 1.165) is 44.7 Å². The van der Waals surface area contributed by atoms with Gasteiger partial charge in [-0.25, -0.2) is 8.42 Å². The average Bonchev–Trinajstić information content (AvgIpc) is 2.65. The van der Waals surface area contributed by atoms with Gasteiger partial charge in [0.15, 0.2) is 0 Å². The molecule has 3 rings (SSSR count). The van der Waals surface area contributed by atoms with Gasteiger partial charge in [-0.1, -0.05) is 23.2 Å². The van der Waals surface area contributed by atoms with Crippen LogP contribution in [0.3, 0.4) is 0 Å². The maximum absolute atomic E-state index is 11.2. The highest BCUT2D eigenvalue weighted by atomic mass is 35.5. The second-order valence-electron chi connectivity index (χ2n) is 6.67. The van der Waals surface area contributed by atoms with Gasteiger partial charge in [0.25, 0.3) is 0 Å². The lowest BCUT2D eigenvalue weighted by molar-refractivity contribution is 0.200. The molecule has 1 aliphatic rings. The summed E-state index contributed by atoms with van der Waals surface area (Å²) >= 11 is 12.1. The van der Waals surface area contributed by atoms with Crippen molar-refractivity contribution in [2.45, 2.75) is 0 Å². The predicted octanol–water partition coefficient (Wildman–Crippen LogP) is 3.57. The van der Waals surface area contributed by atoms with Crippen LogP contribution >= 0.6 is 23.2 Å². The molecule has 0 saturated carbocycles. The van der Waals surface area contributed by atoms with Crippen molar-refractivity contribution in [2.24, 2.45) is 0 Å². The maximum atomic E-state index is 11.2. The summed E-state index contributed by atoms with van der Waals surface area (Å²) in [4.78, 5) is 4.65. The van der Waals surface area contributed by atoms with E-state index in [-0.39, 0.29) is 0 Å². The Morgan fingerprint density at radius 3 is 2.29 bits per heavy atom. The number of hydrogen-bond acceptors (Lipinski definition) is 5. The minimum Gasteiger partial charge on any atom is -0.492 e. The summed E-state index contributed by atoms with van der Waals surface area (Å²) in [5.41, 5.74) is 1.61. The zero-order valence-electron chi connectivity index (χ0n) is 15.6. The second kappa shape index (κ2) is 9.22. The Labute approximate surface area is 176 Å². The molecule has 28 heavy (non-hydrogen) atoms. The van der Waals surface area contributed by atoms with E-state index in [1.807, 2.05) is 18.2 Å². The monoisotopic (exact) mass is 443 g/mol. The number of nitrogens with zero attached hydrogens (tertiary/aromatic N) is 2. The van der Waals surface area contributed by atoms with Crippen LogP contribution in [0.4, 0.5) is 11.4 Å². The summed E-state index contributed by atoms with van der Waals surface area (Å²) in [5, 5.41) is 1.15. The van der Waals surface area contributed by atoms with Gasteiger partial charge >= 0.3 is 0 Å². The summed E-state index contributed by atoms with van der Waals surface area (Å²) in [6.45, 7) is 5.14. The van der Waals surface area contributed by atoms with E-state index in [0.29, 0.717) is 28.1 Å². The van der Waals surface area contributed by atoms with Crippen LogP contribution in [0.1, 0.15) is 0 Å². The zero-order chi connectivity index (χ0) is 20.1. The van der Waals surface area contributed by atoms with Crippen molar-refractivity contribution in [3.05, 3.63) is 52.5 Å². The quantitative estimate of drug-likeness (QED) is 0.708. The minimum atomic E-state index is -3.27. The Balaban J connectivity index is 1.41. The van der Waals surface area contributed by atoms with Crippen LogP contribution in [-0.2, 0) is 10.0 Å². The van der Waals surface area contributed by atoms with Crippen molar-refractivity contribution in [3.8, 4) is 5.75 Å². The van der Waals surface area contributed by atoms with Gasteiger partial charge in [0, 0.05) is 44.1 Å². The normalized spacial score (nSPS) is 15.5. The third kappa shape index (κ3) is 6.17. The van der Waals surface area contributed by atoms with Crippen molar-refractivity contribution in [1.29, 1.82) is 0 Å². The van der Waals surface area contributed by atoms with Crippen LogP contribution in [0.5, 0.6) is 5.75 Å². The largest absolute Gasteiger partial charge is 0.492 e. The molecule has 1 saturated heterocycles. The average molecular weight is 444 g/mol. The first-order valence-electron chi connectivity index (χ1n) is 8.93. The molecular weight excluding hydrogens is 421 g/mol. The molecule has 0 amide bonds. The highest BCUT2D eigenvalue weighted by molar-refractivity contribution is 7.92. The van der Waals surface area contributed by atoms with E-state index in [1.165, 1.54) is 0 Å². The van der Waals surface area contributed by atoms with Crippen LogP contribution in [0.25, 0.3) is 0 Å². The Kier molecular flexibility index (Phi) is 6.93. The number of hydrogen-bond donors (Lipinski definition) is 1. The molecule has 0 spiro atoms. The maximum Gasteiger partial charge on any atom is 0.229 e. The lowest BCUT2D eigenvalue weighted by atomic mass is 10.2. The van der Waals surface area contributed by atoms with Gasteiger partial charge in [-0.15, -0.1) is 0 Å². The molecule has 0 aromatic heterocycles. The van der Waals surface area contributed by atoms with Gasteiger partial charge in [-0.3, -0.25) is 9.62 Å². The lowest BCUT2D eigenvalue weighted by Crippen LogP contribution is -2.47. The summed E-state index contributed by atoms with van der Waals surface area (Å²) in [7, 11) is -3.27. The molecule has 2 aromatic carbocycles. The number of halogens is 2. The van der Waals surface area contributed by atoms with Crippen molar-refractivity contribution < 1.29 is 13.2 Å². The Morgan fingerprint density at radius 1 is 1.00 bits per heavy atom. The van der Waals surface area contributed by atoms with Crippen molar-refractivity contribution in [2.75, 3.05) is 55.2 Å². The fourth-order valence-corrected chi connectivity index (χ4v) is 3.89. The third-order valence-electron chi connectivity index (χ3n) is 4.47. The molecule has 6 nitrogen and oxygen atoms in total. The number of rotatable bonds is 7. The topological polar surface area (TPSA) is 61.9 Å². The summed E-state index contributed by atoms with van der Waals surface area (Å²) in [6.07, 6.45) is 1.12. The van der Waals surface area contributed by atoms with E-state index in [4.69, 9.17) is 27.9 Å². The molecule has 1 heterocycles. The molecule has 0 radical (unpaired) electrons. The molecule has 2 aromatic rings. The first kappa shape index (κ1) is 21.0. The van der Waals surface area contributed by atoms with Gasteiger partial charge in [0.2, 0.25) is 10.0 Å². The molecular formula is C19H23Cl2N3O3S. The van der Waals surface area contributed by atoms with Gasteiger partial charge < -0.3 is 9.64 Å². The predicted molar refractivity (Wildman–Crippen MR) is 116 cm³/mol. The number of ether oxygens (including phenoxy) is 1. The molecule has 0 bridgehead atoms. The SMILES string of the molecule is CS(=O)(=O)Nc1ccc(OCCN2CCN(c3ccc(Cl)c(Cl)c3)CC2)cc1. The molecule has 0 unspecified atom stereocenters. The van der Waals surface area contributed by atoms with Crippen LogP contribution in [0.2, 0.25) is 10.0 Å². The van der Waals surface area contributed by atoms with Gasteiger partial charge in [0.05, 0.1) is 16.3 Å². The van der Waals surface area contributed by atoms with E-state index in [2.05, 4.69) is 14.5 Å². The molecule has 1 N–H and O–H groups in total. The minimum absolute atomic E-state index is 0.522. The first-order chi connectivity index (χ1) is 13.3. The number of nitrogens with one attached hydrogen (secondary N) is 1. The van der Waals surface area contributed by atoms with Crippen LogP contribution in [-0.4, -0.2) is 58.9 Å². The molecule has 0 aliphatic carbocycles. The van der Waals surface area contributed by atoms with Crippen LogP contribution < -0.4 is 14.4 Å². The lowest BCUT2D eigenvalue weighted by Gasteiger charge is -2.36.